The van der Waals surface area contributed by atoms with Crippen LogP contribution in [-0.2, 0) is 24.2 Å². The molecule has 158 valence electrons. The molecule has 1 saturated heterocycles. The molecule has 0 atom stereocenters. The molecule has 1 amide bonds. The molecule has 0 unspecified atom stereocenters. The maximum Gasteiger partial charge on any atom is 0.223 e. The highest BCUT2D eigenvalue weighted by Gasteiger charge is 2.29. The molecule has 1 aromatic carbocycles. The lowest BCUT2D eigenvalue weighted by Crippen LogP contribution is -2.41. The highest BCUT2D eigenvalue weighted by Crippen LogP contribution is 2.33. The average Bonchev–Trinajstić information content (AvgIpc) is 3.32. The maximum atomic E-state index is 12.7. The first-order chi connectivity index (χ1) is 15.3. The van der Waals surface area contributed by atoms with Crippen LogP contribution >= 0.6 is 0 Å². The van der Waals surface area contributed by atoms with E-state index in [1.165, 1.54) is 11.3 Å². The molecule has 31 heavy (non-hydrogen) atoms. The number of rotatable bonds is 5. The van der Waals surface area contributed by atoms with Crippen molar-refractivity contribution in [3.05, 3.63) is 71.7 Å². The summed E-state index contributed by atoms with van der Waals surface area (Å²) in [7, 11) is 0. The van der Waals surface area contributed by atoms with Crippen molar-refractivity contribution >= 4 is 11.7 Å². The van der Waals surface area contributed by atoms with Crippen molar-refractivity contribution in [3.63, 3.8) is 0 Å². The molecule has 0 spiro atoms. The van der Waals surface area contributed by atoms with Crippen molar-refractivity contribution in [1.29, 1.82) is 0 Å². The minimum atomic E-state index is 0.0522. The van der Waals surface area contributed by atoms with Crippen LogP contribution in [0.3, 0.4) is 0 Å². The monoisotopic (exact) mass is 413 g/mol. The van der Waals surface area contributed by atoms with E-state index in [1.807, 2.05) is 30.3 Å². The molecule has 1 N–H and O–H groups in total. The van der Waals surface area contributed by atoms with E-state index in [4.69, 9.17) is 9.97 Å². The number of nitrogens with one attached hydrogen (secondary N) is 1. The first-order valence-corrected chi connectivity index (χ1v) is 11.1. The highest BCUT2D eigenvalue weighted by molar-refractivity contribution is 5.79. The molecule has 3 aromatic rings. The van der Waals surface area contributed by atoms with Crippen LogP contribution in [-0.4, -0.2) is 33.9 Å². The number of amides is 1. The number of aromatic nitrogens is 3. The Labute approximate surface area is 182 Å². The zero-order chi connectivity index (χ0) is 21.0. The van der Waals surface area contributed by atoms with Gasteiger partial charge >= 0.3 is 0 Å². The summed E-state index contributed by atoms with van der Waals surface area (Å²) in [5.74, 6) is 2.08. The second-order valence-corrected chi connectivity index (χ2v) is 8.36. The SMILES string of the molecule is O=C(NCc1cccnc1)C1CCN(c2nc(-c3ccccc3)nc3c2CCC3)CC1. The standard InChI is InChI=1S/C25H27N5O/c31-25(27-17-18-6-5-13-26-16-18)20-11-14-30(15-12-20)24-21-9-4-10-22(21)28-23(29-24)19-7-2-1-3-8-19/h1-3,5-8,13,16,20H,4,9-12,14-15,17H2,(H,27,31). The Balaban J connectivity index is 1.27. The van der Waals surface area contributed by atoms with Gasteiger partial charge in [-0.1, -0.05) is 36.4 Å². The summed E-state index contributed by atoms with van der Waals surface area (Å²) < 4.78 is 0. The molecule has 1 fully saturated rings. The molecule has 0 saturated carbocycles. The van der Waals surface area contributed by atoms with E-state index < -0.39 is 0 Å². The first-order valence-electron chi connectivity index (χ1n) is 11.1. The molecular weight excluding hydrogens is 386 g/mol. The number of hydrogen-bond acceptors (Lipinski definition) is 5. The van der Waals surface area contributed by atoms with Crippen molar-refractivity contribution in [3.8, 4) is 11.4 Å². The molecule has 1 aliphatic heterocycles. The fourth-order valence-electron chi connectivity index (χ4n) is 4.58. The van der Waals surface area contributed by atoms with Gasteiger partial charge in [0.1, 0.15) is 5.82 Å². The second kappa shape index (κ2) is 8.84. The zero-order valence-corrected chi connectivity index (χ0v) is 17.6. The Bertz CT molecular complexity index is 1050. The van der Waals surface area contributed by atoms with Crippen molar-refractivity contribution in [1.82, 2.24) is 20.3 Å². The predicted octanol–water partition coefficient (Wildman–Crippen LogP) is 3.56. The number of hydrogen-bond donors (Lipinski definition) is 1. The lowest BCUT2D eigenvalue weighted by molar-refractivity contribution is -0.125. The van der Waals surface area contributed by atoms with Gasteiger partial charge in [-0.05, 0) is 43.7 Å². The molecule has 6 nitrogen and oxygen atoms in total. The Morgan fingerprint density at radius 2 is 1.87 bits per heavy atom. The number of carbonyl (C=O) groups is 1. The third-order valence-corrected chi connectivity index (χ3v) is 6.30. The van der Waals surface area contributed by atoms with E-state index >= 15 is 0 Å². The molecule has 2 aromatic heterocycles. The van der Waals surface area contributed by atoms with Gasteiger partial charge in [0.15, 0.2) is 5.82 Å². The van der Waals surface area contributed by atoms with E-state index in [-0.39, 0.29) is 11.8 Å². The molecule has 1 aliphatic carbocycles. The summed E-state index contributed by atoms with van der Waals surface area (Å²) in [5.41, 5.74) is 4.58. The van der Waals surface area contributed by atoms with E-state index in [0.717, 1.165) is 68.0 Å². The van der Waals surface area contributed by atoms with Crippen molar-refractivity contribution in [2.75, 3.05) is 18.0 Å². The number of fused-ring (bicyclic) bond motifs is 1. The van der Waals surface area contributed by atoms with E-state index in [2.05, 4.69) is 27.3 Å². The summed E-state index contributed by atoms with van der Waals surface area (Å²) in [6, 6.07) is 14.1. The summed E-state index contributed by atoms with van der Waals surface area (Å²) in [6.07, 6.45) is 8.44. The molecule has 0 radical (unpaired) electrons. The van der Waals surface area contributed by atoms with Crippen LogP contribution < -0.4 is 10.2 Å². The summed E-state index contributed by atoms with van der Waals surface area (Å²) in [6.45, 7) is 2.23. The number of carbonyl (C=O) groups excluding carboxylic acids is 1. The smallest absolute Gasteiger partial charge is 0.223 e. The molecule has 0 bridgehead atoms. The van der Waals surface area contributed by atoms with Crippen LogP contribution in [0.5, 0.6) is 0 Å². The number of anilines is 1. The lowest BCUT2D eigenvalue weighted by atomic mass is 9.95. The van der Waals surface area contributed by atoms with Crippen molar-refractivity contribution in [2.24, 2.45) is 5.92 Å². The van der Waals surface area contributed by atoms with E-state index in [1.54, 1.807) is 12.4 Å². The van der Waals surface area contributed by atoms with Gasteiger partial charge in [0, 0.05) is 54.8 Å². The quantitative estimate of drug-likeness (QED) is 0.693. The second-order valence-electron chi connectivity index (χ2n) is 8.36. The number of piperidine rings is 1. The molecule has 6 heteroatoms. The Morgan fingerprint density at radius 3 is 2.65 bits per heavy atom. The van der Waals surface area contributed by atoms with Crippen molar-refractivity contribution < 1.29 is 4.79 Å². The molecule has 3 heterocycles. The molecule has 2 aliphatic rings. The first kappa shape index (κ1) is 19.7. The van der Waals surface area contributed by atoms with Gasteiger partial charge in [0.05, 0.1) is 0 Å². The zero-order valence-electron chi connectivity index (χ0n) is 17.6. The number of pyridine rings is 1. The van der Waals surface area contributed by atoms with Gasteiger partial charge in [-0.3, -0.25) is 9.78 Å². The van der Waals surface area contributed by atoms with Gasteiger partial charge in [-0.2, -0.15) is 0 Å². The Kier molecular flexibility index (Phi) is 5.61. The average molecular weight is 414 g/mol. The Hall–Kier alpha value is -3.28. The molecular formula is C25H27N5O. The van der Waals surface area contributed by atoms with Gasteiger partial charge in [0.25, 0.3) is 0 Å². The van der Waals surface area contributed by atoms with Crippen molar-refractivity contribution in [2.45, 2.75) is 38.6 Å². The lowest BCUT2D eigenvalue weighted by Gasteiger charge is -2.33. The van der Waals surface area contributed by atoms with E-state index in [0.29, 0.717) is 6.54 Å². The summed E-state index contributed by atoms with van der Waals surface area (Å²) in [4.78, 5) is 29.0. The fourth-order valence-corrected chi connectivity index (χ4v) is 4.58. The maximum absolute atomic E-state index is 12.7. The Morgan fingerprint density at radius 1 is 1.03 bits per heavy atom. The third-order valence-electron chi connectivity index (χ3n) is 6.30. The minimum Gasteiger partial charge on any atom is -0.356 e. The summed E-state index contributed by atoms with van der Waals surface area (Å²) in [5, 5.41) is 3.07. The fraction of sp³-hybridized carbons (Fsp3) is 0.360. The summed E-state index contributed by atoms with van der Waals surface area (Å²) >= 11 is 0. The topological polar surface area (TPSA) is 71.0 Å². The van der Waals surface area contributed by atoms with Crippen LogP contribution in [0.4, 0.5) is 5.82 Å². The predicted molar refractivity (Wildman–Crippen MR) is 121 cm³/mol. The number of aryl methyl sites for hydroxylation is 1. The normalized spacial score (nSPS) is 16.2. The number of benzene rings is 1. The molecule has 5 rings (SSSR count). The van der Waals surface area contributed by atoms with Gasteiger partial charge in [0.2, 0.25) is 5.91 Å². The van der Waals surface area contributed by atoms with E-state index in [9.17, 15) is 4.79 Å². The minimum absolute atomic E-state index is 0.0522. The van der Waals surface area contributed by atoms with Gasteiger partial charge < -0.3 is 10.2 Å². The largest absolute Gasteiger partial charge is 0.356 e. The van der Waals surface area contributed by atoms with Crippen LogP contribution in [0.2, 0.25) is 0 Å². The van der Waals surface area contributed by atoms with Crippen LogP contribution in [0.1, 0.15) is 36.1 Å². The van der Waals surface area contributed by atoms with Crippen LogP contribution in [0, 0.1) is 5.92 Å². The number of nitrogens with zero attached hydrogens (tertiary/aromatic N) is 4. The highest BCUT2D eigenvalue weighted by atomic mass is 16.1. The van der Waals surface area contributed by atoms with Crippen LogP contribution in [0.15, 0.2) is 54.9 Å². The third kappa shape index (κ3) is 4.29. The van der Waals surface area contributed by atoms with Crippen LogP contribution in [0.25, 0.3) is 11.4 Å². The van der Waals surface area contributed by atoms with Gasteiger partial charge in [-0.15, -0.1) is 0 Å². The van der Waals surface area contributed by atoms with Gasteiger partial charge in [-0.25, -0.2) is 9.97 Å².